The molecule has 0 spiro atoms. The van der Waals surface area contributed by atoms with Crippen LogP contribution in [-0.4, -0.2) is 28.6 Å². The highest BCUT2D eigenvalue weighted by molar-refractivity contribution is 5.75. The van der Waals surface area contributed by atoms with E-state index in [1.807, 2.05) is 6.92 Å². The first-order valence-electron chi connectivity index (χ1n) is 5.14. The lowest BCUT2D eigenvalue weighted by atomic mass is 10.2. The Morgan fingerprint density at radius 3 is 3.13 bits per heavy atom. The van der Waals surface area contributed by atoms with Crippen molar-refractivity contribution in [3.8, 4) is 0 Å². The third kappa shape index (κ3) is 4.12. The number of imidazole rings is 1. The first-order chi connectivity index (χ1) is 7.24. The highest BCUT2D eigenvalue weighted by atomic mass is 16.5. The molecule has 15 heavy (non-hydrogen) atoms. The Labute approximate surface area is 89.0 Å². The summed E-state index contributed by atoms with van der Waals surface area (Å²) in [6.07, 6.45) is 5.57. The van der Waals surface area contributed by atoms with Gasteiger partial charge in [0.1, 0.15) is 6.04 Å². The molecule has 0 aliphatic heterocycles. The average molecular weight is 211 g/mol. The number of nitrogens with zero attached hydrogens (tertiary/aromatic N) is 1. The van der Waals surface area contributed by atoms with Gasteiger partial charge in [0.2, 0.25) is 0 Å². The van der Waals surface area contributed by atoms with Crippen LogP contribution in [0.2, 0.25) is 0 Å². The second-order valence-corrected chi connectivity index (χ2v) is 3.39. The molecule has 0 fully saturated rings. The van der Waals surface area contributed by atoms with E-state index >= 15 is 0 Å². The lowest BCUT2D eigenvalue weighted by molar-refractivity contribution is -0.145. The van der Waals surface area contributed by atoms with Crippen molar-refractivity contribution in [1.29, 1.82) is 0 Å². The fourth-order valence-corrected chi connectivity index (χ4v) is 1.14. The van der Waals surface area contributed by atoms with Gasteiger partial charge in [-0.3, -0.25) is 4.79 Å². The van der Waals surface area contributed by atoms with Gasteiger partial charge < -0.3 is 15.5 Å². The zero-order valence-corrected chi connectivity index (χ0v) is 8.90. The van der Waals surface area contributed by atoms with Crippen LogP contribution in [0.15, 0.2) is 12.5 Å². The van der Waals surface area contributed by atoms with Crippen molar-refractivity contribution in [3.05, 3.63) is 18.2 Å². The summed E-state index contributed by atoms with van der Waals surface area (Å²) in [4.78, 5) is 18.2. The Hall–Kier alpha value is -1.36. The van der Waals surface area contributed by atoms with Crippen molar-refractivity contribution in [2.45, 2.75) is 32.2 Å². The number of aromatic amines is 1. The molecule has 0 aromatic carbocycles. The summed E-state index contributed by atoms with van der Waals surface area (Å²) in [5.41, 5.74) is 6.44. The highest BCUT2D eigenvalue weighted by Crippen LogP contribution is 1.99. The van der Waals surface area contributed by atoms with Crippen LogP contribution in [0.3, 0.4) is 0 Å². The molecule has 0 bridgehead atoms. The molecule has 5 heteroatoms. The van der Waals surface area contributed by atoms with E-state index in [4.69, 9.17) is 10.5 Å². The minimum atomic E-state index is -0.620. The molecule has 0 saturated heterocycles. The minimum absolute atomic E-state index is 0.355. The van der Waals surface area contributed by atoms with Gasteiger partial charge in [0, 0.05) is 12.6 Å². The zero-order valence-electron chi connectivity index (χ0n) is 8.90. The molecule has 0 radical (unpaired) electrons. The maximum atomic E-state index is 11.4. The van der Waals surface area contributed by atoms with Crippen molar-refractivity contribution in [2.75, 3.05) is 6.61 Å². The van der Waals surface area contributed by atoms with Gasteiger partial charge in [0.15, 0.2) is 0 Å². The Balaban J connectivity index is 2.27. The molecule has 0 unspecified atom stereocenters. The molecule has 1 aromatic rings. The summed E-state index contributed by atoms with van der Waals surface area (Å²) < 4.78 is 4.99. The molecular formula is C10H17N3O2. The molecular weight excluding hydrogens is 194 g/mol. The van der Waals surface area contributed by atoms with Crippen LogP contribution in [0, 0.1) is 0 Å². The molecule has 1 heterocycles. The minimum Gasteiger partial charge on any atom is -0.465 e. The largest absolute Gasteiger partial charge is 0.465 e. The van der Waals surface area contributed by atoms with E-state index in [1.54, 1.807) is 12.5 Å². The van der Waals surface area contributed by atoms with Crippen molar-refractivity contribution in [3.63, 3.8) is 0 Å². The number of unbranched alkanes of at least 4 members (excludes halogenated alkanes) is 1. The maximum Gasteiger partial charge on any atom is 0.323 e. The SMILES string of the molecule is CCCCOC(=O)[C@@H](N)Cc1c[nH]cn1. The lowest BCUT2D eigenvalue weighted by Crippen LogP contribution is -2.34. The number of esters is 1. The van der Waals surface area contributed by atoms with Crippen molar-refractivity contribution < 1.29 is 9.53 Å². The highest BCUT2D eigenvalue weighted by Gasteiger charge is 2.16. The molecule has 5 nitrogen and oxygen atoms in total. The Kier molecular flexibility index (Phi) is 4.83. The Bertz CT molecular complexity index is 285. The van der Waals surface area contributed by atoms with E-state index in [-0.39, 0.29) is 5.97 Å². The van der Waals surface area contributed by atoms with Gasteiger partial charge >= 0.3 is 5.97 Å². The van der Waals surface area contributed by atoms with Crippen LogP contribution in [-0.2, 0) is 16.0 Å². The second kappa shape index (κ2) is 6.19. The number of carbonyl (C=O) groups excluding carboxylic acids is 1. The van der Waals surface area contributed by atoms with Gasteiger partial charge in [0.25, 0.3) is 0 Å². The third-order valence-electron chi connectivity index (χ3n) is 2.03. The van der Waals surface area contributed by atoms with Crippen LogP contribution in [0.5, 0.6) is 0 Å². The second-order valence-electron chi connectivity index (χ2n) is 3.39. The predicted octanol–water partition coefficient (Wildman–Crippen LogP) is 0.623. The number of hydrogen-bond donors (Lipinski definition) is 2. The summed E-state index contributed by atoms with van der Waals surface area (Å²) in [6.45, 7) is 2.49. The molecule has 0 amide bonds. The fourth-order valence-electron chi connectivity index (χ4n) is 1.14. The van der Waals surface area contributed by atoms with Crippen LogP contribution in [0.4, 0.5) is 0 Å². The standard InChI is InChI=1S/C10H17N3O2/c1-2-3-4-15-10(14)9(11)5-8-6-12-7-13-8/h6-7,9H,2-5,11H2,1H3,(H,12,13)/t9-/m0/s1. The van der Waals surface area contributed by atoms with Gasteiger partial charge in [-0.05, 0) is 6.42 Å². The van der Waals surface area contributed by atoms with Gasteiger partial charge in [0.05, 0.1) is 18.6 Å². The number of ether oxygens (including phenoxy) is 1. The molecule has 0 aliphatic rings. The number of aromatic nitrogens is 2. The monoisotopic (exact) mass is 211 g/mol. The normalized spacial score (nSPS) is 12.4. The van der Waals surface area contributed by atoms with E-state index in [0.717, 1.165) is 18.5 Å². The Morgan fingerprint density at radius 2 is 2.53 bits per heavy atom. The topological polar surface area (TPSA) is 81.0 Å². The molecule has 84 valence electrons. The van der Waals surface area contributed by atoms with Crippen molar-refractivity contribution >= 4 is 5.97 Å². The number of carbonyl (C=O) groups is 1. The van der Waals surface area contributed by atoms with Crippen LogP contribution in [0.25, 0.3) is 0 Å². The summed E-state index contributed by atoms with van der Waals surface area (Å²) in [7, 11) is 0. The summed E-state index contributed by atoms with van der Waals surface area (Å²) in [5.74, 6) is -0.355. The molecule has 0 aliphatic carbocycles. The zero-order chi connectivity index (χ0) is 11.1. The average Bonchev–Trinajstić information content (AvgIpc) is 2.70. The molecule has 3 N–H and O–H groups in total. The van der Waals surface area contributed by atoms with Crippen LogP contribution >= 0.6 is 0 Å². The Morgan fingerprint density at radius 1 is 1.73 bits per heavy atom. The van der Waals surface area contributed by atoms with Crippen LogP contribution < -0.4 is 5.73 Å². The van der Waals surface area contributed by atoms with E-state index < -0.39 is 6.04 Å². The van der Waals surface area contributed by atoms with E-state index in [1.165, 1.54) is 0 Å². The fraction of sp³-hybridized carbons (Fsp3) is 0.600. The predicted molar refractivity (Wildman–Crippen MR) is 56.1 cm³/mol. The molecule has 1 aromatic heterocycles. The lowest BCUT2D eigenvalue weighted by Gasteiger charge is -2.09. The maximum absolute atomic E-state index is 11.4. The van der Waals surface area contributed by atoms with Gasteiger partial charge in [-0.2, -0.15) is 0 Å². The number of hydrogen-bond acceptors (Lipinski definition) is 4. The molecule has 1 rings (SSSR count). The van der Waals surface area contributed by atoms with Gasteiger partial charge in [-0.25, -0.2) is 4.98 Å². The summed E-state index contributed by atoms with van der Waals surface area (Å²) in [6, 6.07) is -0.620. The first kappa shape index (κ1) is 11.7. The molecule has 1 atom stereocenters. The van der Waals surface area contributed by atoms with Crippen LogP contribution in [0.1, 0.15) is 25.5 Å². The molecule has 0 saturated carbocycles. The van der Waals surface area contributed by atoms with E-state index in [9.17, 15) is 4.79 Å². The van der Waals surface area contributed by atoms with Gasteiger partial charge in [-0.1, -0.05) is 13.3 Å². The smallest absolute Gasteiger partial charge is 0.323 e. The quantitative estimate of drug-likeness (QED) is 0.534. The van der Waals surface area contributed by atoms with Crippen molar-refractivity contribution in [2.24, 2.45) is 5.73 Å². The van der Waals surface area contributed by atoms with E-state index in [0.29, 0.717) is 13.0 Å². The number of nitrogens with one attached hydrogen (secondary N) is 1. The van der Waals surface area contributed by atoms with E-state index in [2.05, 4.69) is 9.97 Å². The van der Waals surface area contributed by atoms with Crippen molar-refractivity contribution in [1.82, 2.24) is 9.97 Å². The number of H-pyrrole nitrogens is 1. The number of nitrogens with two attached hydrogens (primary N) is 1. The number of rotatable bonds is 6. The summed E-state index contributed by atoms with van der Waals surface area (Å²) >= 11 is 0. The summed E-state index contributed by atoms with van der Waals surface area (Å²) in [5, 5.41) is 0. The van der Waals surface area contributed by atoms with Gasteiger partial charge in [-0.15, -0.1) is 0 Å². The third-order valence-corrected chi connectivity index (χ3v) is 2.03. The first-order valence-corrected chi connectivity index (χ1v) is 5.14.